The predicted octanol–water partition coefficient (Wildman–Crippen LogP) is 4.13. The molecular formula is C18H12FN3O2S. The van der Waals surface area contributed by atoms with Gasteiger partial charge in [-0.2, -0.15) is 10.1 Å². The summed E-state index contributed by atoms with van der Waals surface area (Å²) in [5.41, 5.74) is 3.28. The van der Waals surface area contributed by atoms with Gasteiger partial charge in [-0.1, -0.05) is 29.5 Å². The Morgan fingerprint density at radius 1 is 1.24 bits per heavy atom. The maximum Gasteiger partial charge on any atom is 0.299 e. The fourth-order valence-corrected chi connectivity index (χ4v) is 3.45. The lowest BCUT2D eigenvalue weighted by molar-refractivity contribution is -0.120. The Kier molecular flexibility index (Phi) is 3.77. The average molecular weight is 353 g/mol. The van der Waals surface area contributed by atoms with E-state index in [4.69, 9.17) is 9.84 Å². The van der Waals surface area contributed by atoms with Crippen LogP contribution in [-0.2, 0) is 4.79 Å². The van der Waals surface area contributed by atoms with Crippen molar-refractivity contribution in [2.24, 2.45) is 0 Å². The highest BCUT2D eigenvalue weighted by molar-refractivity contribution is 7.12. The number of halogens is 1. The largest absolute Gasteiger partial charge is 0.409 e. The van der Waals surface area contributed by atoms with Crippen molar-refractivity contribution in [2.45, 2.75) is 6.92 Å². The van der Waals surface area contributed by atoms with Crippen LogP contribution in [0.2, 0.25) is 0 Å². The van der Waals surface area contributed by atoms with Crippen LogP contribution in [0.1, 0.15) is 5.56 Å². The van der Waals surface area contributed by atoms with Crippen LogP contribution < -0.4 is 4.74 Å². The zero-order valence-electron chi connectivity index (χ0n) is 13.1. The van der Waals surface area contributed by atoms with Gasteiger partial charge in [-0.15, -0.1) is 0 Å². The normalized spacial score (nSPS) is 11.0. The van der Waals surface area contributed by atoms with Crippen LogP contribution in [0, 0.1) is 12.7 Å². The molecule has 0 saturated heterocycles. The summed E-state index contributed by atoms with van der Waals surface area (Å²) in [4.78, 5) is 14.7. The van der Waals surface area contributed by atoms with Crippen molar-refractivity contribution in [1.82, 2.24) is 14.8 Å². The monoisotopic (exact) mass is 353 g/mol. The number of para-hydroxylation sites is 1. The van der Waals surface area contributed by atoms with Gasteiger partial charge in [0.1, 0.15) is 11.5 Å². The minimum Gasteiger partial charge on any atom is -0.409 e. The van der Waals surface area contributed by atoms with Gasteiger partial charge in [0.25, 0.3) is 6.47 Å². The van der Waals surface area contributed by atoms with Gasteiger partial charge in [0.15, 0.2) is 0 Å². The molecule has 5 nitrogen and oxygen atoms in total. The van der Waals surface area contributed by atoms with E-state index < -0.39 is 0 Å². The molecule has 0 N–H and O–H groups in total. The summed E-state index contributed by atoms with van der Waals surface area (Å²) in [5.74, 6) is -0.0466. The minimum atomic E-state index is -0.277. The first-order valence-electron chi connectivity index (χ1n) is 7.48. The third-order valence-electron chi connectivity index (χ3n) is 3.85. The SMILES string of the molecule is Cc1cc(F)ccc1-c1nn(-c2nc(OC=O)cs2)c2ccccc12. The van der Waals surface area contributed by atoms with Crippen molar-refractivity contribution in [1.29, 1.82) is 0 Å². The van der Waals surface area contributed by atoms with Crippen molar-refractivity contribution < 1.29 is 13.9 Å². The second kappa shape index (κ2) is 6.10. The molecule has 0 spiro atoms. The van der Waals surface area contributed by atoms with E-state index in [1.54, 1.807) is 16.1 Å². The lowest BCUT2D eigenvalue weighted by Crippen LogP contribution is -1.97. The molecule has 2 aromatic heterocycles. The number of carbonyl (C=O) groups excluding carboxylic acids is 1. The molecule has 0 amide bonds. The Morgan fingerprint density at radius 2 is 2.08 bits per heavy atom. The summed E-state index contributed by atoms with van der Waals surface area (Å²) < 4.78 is 19.9. The third-order valence-corrected chi connectivity index (χ3v) is 4.65. The third kappa shape index (κ3) is 2.68. The van der Waals surface area contributed by atoms with Gasteiger partial charge in [0.2, 0.25) is 11.0 Å². The molecule has 0 aliphatic carbocycles. The van der Waals surface area contributed by atoms with E-state index in [1.165, 1.54) is 23.5 Å². The second-order valence-electron chi connectivity index (χ2n) is 5.42. The van der Waals surface area contributed by atoms with E-state index in [0.717, 1.165) is 27.7 Å². The molecule has 0 atom stereocenters. The van der Waals surface area contributed by atoms with Crippen LogP contribution in [0.5, 0.6) is 5.88 Å². The topological polar surface area (TPSA) is 57.0 Å². The molecule has 0 radical (unpaired) electrons. The Bertz CT molecular complexity index is 1090. The molecule has 25 heavy (non-hydrogen) atoms. The Balaban J connectivity index is 1.93. The van der Waals surface area contributed by atoms with E-state index in [9.17, 15) is 9.18 Å². The van der Waals surface area contributed by atoms with Crippen molar-refractivity contribution >= 4 is 28.7 Å². The minimum absolute atomic E-state index is 0.231. The molecule has 2 heterocycles. The van der Waals surface area contributed by atoms with E-state index in [2.05, 4.69) is 4.98 Å². The highest BCUT2D eigenvalue weighted by Crippen LogP contribution is 2.33. The second-order valence-corrected chi connectivity index (χ2v) is 6.26. The highest BCUT2D eigenvalue weighted by atomic mass is 32.1. The molecule has 124 valence electrons. The first kappa shape index (κ1) is 15.5. The molecule has 4 aromatic rings. The van der Waals surface area contributed by atoms with E-state index in [1.807, 2.05) is 31.2 Å². The van der Waals surface area contributed by atoms with Crippen molar-refractivity contribution in [2.75, 3.05) is 0 Å². The fourth-order valence-electron chi connectivity index (χ4n) is 2.75. The summed E-state index contributed by atoms with van der Waals surface area (Å²) in [5, 5.41) is 7.85. The number of hydrogen-bond acceptors (Lipinski definition) is 5. The lowest BCUT2D eigenvalue weighted by atomic mass is 10.0. The summed E-state index contributed by atoms with van der Waals surface area (Å²) in [7, 11) is 0. The highest BCUT2D eigenvalue weighted by Gasteiger charge is 2.17. The molecule has 0 aliphatic rings. The molecule has 0 unspecified atom stereocenters. The smallest absolute Gasteiger partial charge is 0.299 e. The number of nitrogens with zero attached hydrogens (tertiary/aromatic N) is 3. The average Bonchev–Trinajstić information content (AvgIpc) is 3.20. The van der Waals surface area contributed by atoms with Crippen LogP contribution in [0.25, 0.3) is 27.3 Å². The number of rotatable bonds is 4. The molecule has 2 aromatic carbocycles. The summed E-state index contributed by atoms with van der Waals surface area (Å²) in [6.07, 6.45) is 0. The summed E-state index contributed by atoms with van der Waals surface area (Å²) >= 11 is 1.32. The molecule has 0 bridgehead atoms. The fraction of sp³-hybridized carbons (Fsp3) is 0.0556. The number of ether oxygens (including phenoxy) is 1. The van der Waals surface area contributed by atoms with Crippen molar-refractivity contribution in [3.63, 3.8) is 0 Å². The number of carbonyl (C=O) groups is 1. The number of benzene rings is 2. The first-order chi connectivity index (χ1) is 12.2. The van der Waals surface area contributed by atoms with Gasteiger partial charge in [-0.05, 0) is 36.8 Å². The maximum absolute atomic E-state index is 13.4. The summed E-state index contributed by atoms with van der Waals surface area (Å²) in [6, 6.07) is 12.4. The Morgan fingerprint density at radius 3 is 2.88 bits per heavy atom. The predicted molar refractivity (Wildman–Crippen MR) is 93.6 cm³/mol. The van der Waals surface area contributed by atoms with Crippen molar-refractivity contribution in [3.8, 4) is 22.3 Å². The molecule has 0 saturated carbocycles. The molecule has 7 heteroatoms. The molecule has 4 rings (SSSR count). The van der Waals surface area contributed by atoms with Crippen LogP contribution in [0.4, 0.5) is 4.39 Å². The quantitative estimate of drug-likeness (QED) is 0.518. The van der Waals surface area contributed by atoms with Crippen LogP contribution in [0.3, 0.4) is 0 Å². The van der Waals surface area contributed by atoms with Crippen LogP contribution in [-0.4, -0.2) is 21.2 Å². The maximum atomic E-state index is 13.4. The van der Waals surface area contributed by atoms with E-state index in [-0.39, 0.29) is 11.7 Å². The Hall–Kier alpha value is -3.06. The zero-order valence-corrected chi connectivity index (χ0v) is 14.0. The number of hydrogen-bond donors (Lipinski definition) is 0. The van der Waals surface area contributed by atoms with E-state index >= 15 is 0 Å². The number of aryl methyl sites for hydroxylation is 1. The van der Waals surface area contributed by atoms with Gasteiger partial charge in [0, 0.05) is 10.9 Å². The molecular weight excluding hydrogens is 341 g/mol. The molecule has 0 aliphatic heterocycles. The van der Waals surface area contributed by atoms with Crippen LogP contribution in [0.15, 0.2) is 47.8 Å². The Labute approximate surface area is 146 Å². The van der Waals surface area contributed by atoms with Gasteiger partial charge < -0.3 is 4.74 Å². The van der Waals surface area contributed by atoms with E-state index in [0.29, 0.717) is 11.6 Å². The van der Waals surface area contributed by atoms with Crippen molar-refractivity contribution in [3.05, 3.63) is 59.2 Å². The van der Waals surface area contributed by atoms with Gasteiger partial charge in [0.05, 0.1) is 10.9 Å². The number of fused-ring (bicyclic) bond motifs is 1. The summed E-state index contributed by atoms with van der Waals surface area (Å²) in [6.45, 7) is 2.19. The molecule has 0 fully saturated rings. The first-order valence-corrected chi connectivity index (χ1v) is 8.36. The number of aromatic nitrogens is 3. The lowest BCUT2D eigenvalue weighted by Gasteiger charge is -2.03. The number of thiazole rings is 1. The zero-order chi connectivity index (χ0) is 17.4. The van der Waals surface area contributed by atoms with Crippen LogP contribution >= 0.6 is 11.3 Å². The van der Waals surface area contributed by atoms with Gasteiger partial charge in [-0.25, -0.2) is 9.07 Å². The van der Waals surface area contributed by atoms with Gasteiger partial charge in [-0.3, -0.25) is 4.79 Å². The van der Waals surface area contributed by atoms with Gasteiger partial charge >= 0.3 is 0 Å². The standard InChI is InChI=1S/C18H12FN3O2S/c1-11-8-12(19)6-7-13(11)17-14-4-2-3-5-15(14)22(21-17)18-20-16(9-25-18)24-10-23/h2-10H,1H3.